The summed E-state index contributed by atoms with van der Waals surface area (Å²) in [5, 5.41) is 3.22. The molecule has 1 aromatic rings. The number of hydrogen-bond donors (Lipinski definition) is 2. The zero-order chi connectivity index (χ0) is 14.8. The molecule has 6 heteroatoms. The molecule has 0 amide bonds. The lowest BCUT2D eigenvalue weighted by atomic mass is 10.2. The van der Waals surface area contributed by atoms with Crippen molar-refractivity contribution < 1.29 is 13.2 Å². The average Bonchev–Trinajstić information content (AvgIpc) is 2.44. The fourth-order valence-corrected chi connectivity index (χ4v) is 3.19. The van der Waals surface area contributed by atoms with Crippen LogP contribution in [0.3, 0.4) is 0 Å². The second-order valence-corrected chi connectivity index (χ2v) is 7.20. The second kappa shape index (κ2) is 6.01. The highest BCUT2D eigenvalue weighted by Crippen LogP contribution is 2.31. The summed E-state index contributed by atoms with van der Waals surface area (Å²) in [6.07, 6.45) is 1.06. The van der Waals surface area contributed by atoms with E-state index < -0.39 is 10.0 Å². The molecule has 2 rings (SSSR count). The number of nitrogens with one attached hydrogen (secondary N) is 2. The molecule has 0 aromatic heterocycles. The minimum Gasteiger partial charge on any atom is -0.486 e. The molecule has 1 unspecified atom stereocenters. The molecule has 1 atom stereocenters. The molecule has 0 aliphatic carbocycles. The molecule has 0 saturated heterocycles. The third-order valence-corrected chi connectivity index (χ3v) is 4.63. The van der Waals surface area contributed by atoms with Crippen molar-refractivity contribution in [3.63, 3.8) is 0 Å². The molecule has 1 aliphatic rings. The highest BCUT2D eigenvalue weighted by atomic mass is 32.2. The minimum absolute atomic E-state index is 0.143. The Morgan fingerprint density at radius 3 is 2.85 bits per heavy atom. The van der Waals surface area contributed by atoms with Crippen LogP contribution in [0.4, 0.5) is 5.69 Å². The van der Waals surface area contributed by atoms with E-state index in [9.17, 15) is 8.42 Å². The maximum Gasteiger partial charge on any atom is 0.240 e. The Labute approximate surface area is 120 Å². The number of ether oxygens (including phenoxy) is 1. The van der Waals surface area contributed by atoms with E-state index in [-0.39, 0.29) is 16.9 Å². The lowest BCUT2D eigenvalue weighted by molar-refractivity contribution is 0.201. The monoisotopic (exact) mass is 298 g/mol. The van der Waals surface area contributed by atoms with E-state index in [0.29, 0.717) is 18.8 Å². The molecule has 1 aliphatic heterocycles. The van der Waals surface area contributed by atoms with Crippen LogP contribution in [0.1, 0.15) is 27.2 Å². The van der Waals surface area contributed by atoms with Crippen LogP contribution in [0, 0.1) is 5.92 Å². The molecule has 1 heterocycles. The first-order chi connectivity index (χ1) is 9.42. The molecule has 0 spiro atoms. The lowest BCUT2D eigenvalue weighted by Crippen LogP contribution is -2.31. The minimum atomic E-state index is -3.45. The van der Waals surface area contributed by atoms with Crippen LogP contribution in [0.15, 0.2) is 23.1 Å². The quantitative estimate of drug-likeness (QED) is 0.874. The van der Waals surface area contributed by atoms with E-state index in [2.05, 4.69) is 17.0 Å². The van der Waals surface area contributed by atoms with Gasteiger partial charge in [-0.1, -0.05) is 20.8 Å². The summed E-state index contributed by atoms with van der Waals surface area (Å²) in [6, 6.07) is 4.93. The van der Waals surface area contributed by atoms with Crippen LogP contribution in [-0.2, 0) is 10.0 Å². The topological polar surface area (TPSA) is 67.4 Å². The summed E-state index contributed by atoms with van der Waals surface area (Å²) in [6.45, 7) is 7.13. The van der Waals surface area contributed by atoms with Gasteiger partial charge in [0.2, 0.25) is 10.0 Å². The fraction of sp³-hybridized carbons (Fsp3) is 0.571. The molecular formula is C14H22N2O3S. The Morgan fingerprint density at radius 2 is 2.20 bits per heavy atom. The summed E-state index contributed by atoms with van der Waals surface area (Å²) in [7, 11) is -3.45. The fourth-order valence-electron chi connectivity index (χ4n) is 1.95. The van der Waals surface area contributed by atoms with Crippen LogP contribution >= 0.6 is 0 Å². The van der Waals surface area contributed by atoms with Crippen molar-refractivity contribution in [3.05, 3.63) is 18.2 Å². The van der Waals surface area contributed by atoms with Gasteiger partial charge in [-0.05, 0) is 30.5 Å². The first kappa shape index (κ1) is 15.1. The smallest absolute Gasteiger partial charge is 0.240 e. The number of fused-ring (bicyclic) bond motifs is 1. The number of anilines is 1. The molecular weight excluding hydrogens is 276 g/mol. The zero-order valence-corrected chi connectivity index (χ0v) is 13.0. The number of rotatable bonds is 5. The van der Waals surface area contributed by atoms with Crippen molar-refractivity contribution in [2.24, 2.45) is 5.92 Å². The van der Waals surface area contributed by atoms with Crippen LogP contribution in [0.2, 0.25) is 0 Å². The predicted molar refractivity (Wildman–Crippen MR) is 79.7 cm³/mol. The second-order valence-electron chi connectivity index (χ2n) is 5.43. The Bertz CT molecular complexity index is 570. The van der Waals surface area contributed by atoms with Crippen molar-refractivity contribution >= 4 is 15.7 Å². The van der Waals surface area contributed by atoms with Gasteiger partial charge in [-0.2, -0.15) is 0 Å². The summed E-state index contributed by atoms with van der Waals surface area (Å²) in [4.78, 5) is 0.267. The third kappa shape index (κ3) is 3.43. The summed E-state index contributed by atoms with van der Waals surface area (Å²) < 4.78 is 32.7. The average molecular weight is 298 g/mol. The predicted octanol–water partition coefficient (Wildman–Crippen LogP) is 2.20. The Hall–Kier alpha value is -1.27. The van der Waals surface area contributed by atoms with Gasteiger partial charge in [-0.3, -0.25) is 0 Å². The molecule has 0 fully saturated rings. The van der Waals surface area contributed by atoms with Gasteiger partial charge in [0.25, 0.3) is 0 Å². The van der Waals surface area contributed by atoms with Gasteiger partial charge in [-0.15, -0.1) is 0 Å². The summed E-state index contributed by atoms with van der Waals surface area (Å²) in [5.74, 6) is 0.986. The van der Waals surface area contributed by atoms with Gasteiger partial charge in [0.15, 0.2) is 0 Å². The molecule has 0 bridgehead atoms. The van der Waals surface area contributed by atoms with Crippen LogP contribution in [0.25, 0.3) is 0 Å². The van der Waals surface area contributed by atoms with Gasteiger partial charge in [0, 0.05) is 6.54 Å². The van der Waals surface area contributed by atoms with Gasteiger partial charge < -0.3 is 10.1 Å². The summed E-state index contributed by atoms with van der Waals surface area (Å²) >= 11 is 0. The zero-order valence-electron chi connectivity index (χ0n) is 12.1. The SMILES string of the molecule is CCC1CNc2cc(S(=O)(=O)NCC(C)C)ccc2O1. The Balaban J connectivity index is 2.19. The number of sulfonamides is 1. The van der Waals surface area contributed by atoms with E-state index in [4.69, 9.17) is 4.74 Å². The standard InChI is InChI=1S/C14H22N2O3S/c1-4-11-9-15-13-7-12(5-6-14(13)19-11)20(17,18)16-8-10(2)3/h5-7,10-11,15-16H,4,8-9H2,1-3H3. The first-order valence-electron chi connectivity index (χ1n) is 6.96. The van der Waals surface area contributed by atoms with E-state index in [0.717, 1.165) is 12.1 Å². The molecule has 5 nitrogen and oxygen atoms in total. The highest BCUT2D eigenvalue weighted by molar-refractivity contribution is 7.89. The molecule has 0 radical (unpaired) electrons. The number of hydrogen-bond acceptors (Lipinski definition) is 4. The van der Waals surface area contributed by atoms with Crippen molar-refractivity contribution in [1.29, 1.82) is 0 Å². The molecule has 20 heavy (non-hydrogen) atoms. The first-order valence-corrected chi connectivity index (χ1v) is 8.45. The Morgan fingerprint density at radius 1 is 1.45 bits per heavy atom. The van der Waals surface area contributed by atoms with Crippen LogP contribution in [-0.4, -0.2) is 27.6 Å². The van der Waals surface area contributed by atoms with Crippen molar-refractivity contribution in [2.75, 3.05) is 18.4 Å². The third-order valence-electron chi connectivity index (χ3n) is 3.21. The van der Waals surface area contributed by atoms with E-state index in [1.54, 1.807) is 18.2 Å². The molecule has 0 saturated carbocycles. The lowest BCUT2D eigenvalue weighted by Gasteiger charge is -2.27. The van der Waals surface area contributed by atoms with Gasteiger partial charge in [0.1, 0.15) is 11.9 Å². The molecule has 112 valence electrons. The normalized spacial score (nSPS) is 18.3. The Kier molecular flexibility index (Phi) is 4.55. The van der Waals surface area contributed by atoms with Crippen LogP contribution < -0.4 is 14.8 Å². The largest absolute Gasteiger partial charge is 0.486 e. The van der Waals surface area contributed by atoms with E-state index in [1.165, 1.54) is 0 Å². The van der Waals surface area contributed by atoms with Crippen molar-refractivity contribution in [1.82, 2.24) is 4.72 Å². The molecule has 2 N–H and O–H groups in total. The molecule has 1 aromatic carbocycles. The summed E-state index contributed by atoms with van der Waals surface area (Å²) in [5.41, 5.74) is 0.738. The maximum atomic E-state index is 12.2. The highest BCUT2D eigenvalue weighted by Gasteiger charge is 2.21. The van der Waals surface area contributed by atoms with E-state index >= 15 is 0 Å². The van der Waals surface area contributed by atoms with Gasteiger partial charge in [0.05, 0.1) is 17.1 Å². The van der Waals surface area contributed by atoms with Gasteiger partial charge in [-0.25, -0.2) is 13.1 Å². The van der Waals surface area contributed by atoms with Crippen molar-refractivity contribution in [2.45, 2.75) is 38.2 Å². The van der Waals surface area contributed by atoms with Gasteiger partial charge >= 0.3 is 0 Å². The van der Waals surface area contributed by atoms with E-state index in [1.807, 2.05) is 13.8 Å². The van der Waals surface area contributed by atoms with Crippen molar-refractivity contribution in [3.8, 4) is 5.75 Å². The van der Waals surface area contributed by atoms with Crippen LogP contribution in [0.5, 0.6) is 5.75 Å². The maximum absolute atomic E-state index is 12.2. The number of benzene rings is 1.